The van der Waals surface area contributed by atoms with Crippen LogP contribution in [-0.4, -0.2) is 42.0 Å². The van der Waals surface area contributed by atoms with Crippen molar-refractivity contribution in [2.45, 2.75) is 12.5 Å². The lowest BCUT2D eigenvalue weighted by molar-refractivity contribution is 0.0744. The number of rotatable bonds is 4. The molecule has 1 aliphatic rings. The van der Waals surface area contributed by atoms with Crippen molar-refractivity contribution in [2.75, 3.05) is 20.1 Å². The number of likely N-dealkylation sites (N-methyl/N-ethyl adjacent to an activating group) is 1. The van der Waals surface area contributed by atoms with Gasteiger partial charge in [0.15, 0.2) is 0 Å². The van der Waals surface area contributed by atoms with Crippen LogP contribution in [0.5, 0.6) is 11.5 Å². The molecule has 1 atom stereocenters. The number of carbonyl (C=O) groups is 1. The zero-order valence-corrected chi connectivity index (χ0v) is 13.6. The molecule has 2 aromatic rings. The van der Waals surface area contributed by atoms with Crippen LogP contribution in [0.2, 0.25) is 5.02 Å². The maximum atomic E-state index is 12.5. The number of pyridine rings is 1. The molecule has 6 heteroatoms. The largest absolute Gasteiger partial charge is 0.456 e. The first-order chi connectivity index (χ1) is 11.1. The Morgan fingerprint density at radius 3 is 2.78 bits per heavy atom. The zero-order chi connectivity index (χ0) is 16.2. The molecular weight excluding hydrogens is 314 g/mol. The van der Waals surface area contributed by atoms with Gasteiger partial charge in [-0.1, -0.05) is 11.6 Å². The van der Waals surface area contributed by atoms with Crippen LogP contribution in [0.3, 0.4) is 0 Å². The van der Waals surface area contributed by atoms with Gasteiger partial charge < -0.3 is 15.0 Å². The minimum absolute atomic E-state index is 0.0314. The molecular formula is C17H18ClN3O2. The van der Waals surface area contributed by atoms with Crippen molar-refractivity contribution in [3.8, 4) is 11.5 Å². The summed E-state index contributed by atoms with van der Waals surface area (Å²) in [6.45, 7) is 1.78. The normalized spacial score (nSPS) is 17.0. The number of hydrogen-bond donors (Lipinski definition) is 1. The SMILES string of the molecule is CN(C(=O)c1ccc(Oc2ccncc2)c(Cl)c1)[C@H]1CCNC1. The van der Waals surface area contributed by atoms with Crippen molar-refractivity contribution >= 4 is 17.5 Å². The van der Waals surface area contributed by atoms with Gasteiger partial charge in [-0.15, -0.1) is 0 Å². The van der Waals surface area contributed by atoms with E-state index in [-0.39, 0.29) is 11.9 Å². The summed E-state index contributed by atoms with van der Waals surface area (Å²) in [5.74, 6) is 1.13. The van der Waals surface area contributed by atoms with Gasteiger partial charge in [0, 0.05) is 37.6 Å². The molecule has 3 rings (SSSR count). The van der Waals surface area contributed by atoms with Gasteiger partial charge in [-0.05, 0) is 43.3 Å². The van der Waals surface area contributed by atoms with Crippen LogP contribution in [0.4, 0.5) is 0 Å². The number of nitrogens with one attached hydrogen (secondary N) is 1. The van der Waals surface area contributed by atoms with E-state index in [9.17, 15) is 4.79 Å². The highest BCUT2D eigenvalue weighted by atomic mass is 35.5. The number of aromatic nitrogens is 1. The summed E-state index contributed by atoms with van der Waals surface area (Å²) in [5, 5.41) is 3.67. The summed E-state index contributed by atoms with van der Waals surface area (Å²) < 4.78 is 5.70. The minimum atomic E-state index is -0.0314. The lowest BCUT2D eigenvalue weighted by Crippen LogP contribution is -2.38. The fraction of sp³-hybridized carbons (Fsp3) is 0.294. The summed E-state index contributed by atoms with van der Waals surface area (Å²) in [6, 6.07) is 8.83. The van der Waals surface area contributed by atoms with E-state index < -0.39 is 0 Å². The predicted molar refractivity (Wildman–Crippen MR) is 89.1 cm³/mol. The van der Waals surface area contributed by atoms with Gasteiger partial charge in [-0.2, -0.15) is 0 Å². The third-order valence-corrected chi connectivity index (χ3v) is 4.25. The number of benzene rings is 1. The van der Waals surface area contributed by atoms with Crippen molar-refractivity contribution in [2.24, 2.45) is 0 Å². The van der Waals surface area contributed by atoms with Crippen LogP contribution < -0.4 is 10.1 Å². The molecule has 1 aliphatic heterocycles. The van der Waals surface area contributed by atoms with Crippen molar-refractivity contribution in [3.63, 3.8) is 0 Å². The van der Waals surface area contributed by atoms with E-state index >= 15 is 0 Å². The lowest BCUT2D eigenvalue weighted by Gasteiger charge is -2.24. The molecule has 1 amide bonds. The minimum Gasteiger partial charge on any atom is -0.456 e. The Morgan fingerprint density at radius 1 is 1.35 bits per heavy atom. The molecule has 1 N–H and O–H groups in total. The summed E-state index contributed by atoms with van der Waals surface area (Å²) in [5.41, 5.74) is 0.562. The first-order valence-corrected chi connectivity index (χ1v) is 7.88. The quantitative estimate of drug-likeness (QED) is 0.936. The third-order valence-electron chi connectivity index (χ3n) is 3.96. The number of hydrogen-bond acceptors (Lipinski definition) is 4. The van der Waals surface area contributed by atoms with Gasteiger partial charge in [0.25, 0.3) is 5.91 Å². The fourth-order valence-corrected chi connectivity index (χ4v) is 2.81. The van der Waals surface area contributed by atoms with E-state index in [1.165, 1.54) is 0 Å². The van der Waals surface area contributed by atoms with E-state index in [1.54, 1.807) is 47.6 Å². The zero-order valence-electron chi connectivity index (χ0n) is 12.8. The standard InChI is InChI=1S/C17H18ClN3O2/c1-21(13-4-7-20-11-13)17(22)12-2-3-16(15(18)10-12)23-14-5-8-19-9-6-14/h2-3,5-6,8-10,13,20H,4,7,11H2,1H3/t13-/m0/s1. The molecule has 0 spiro atoms. The smallest absolute Gasteiger partial charge is 0.253 e. The second kappa shape index (κ2) is 6.98. The van der Waals surface area contributed by atoms with Gasteiger partial charge in [0.2, 0.25) is 0 Å². The van der Waals surface area contributed by atoms with Crippen LogP contribution >= 0.6 is 11.6 Å². The monoisotopic (exact) mass is 331 g/mol. The van der Waals surface area contributed by atoms with E-state index in [2.05, 4.69) is 10.3 Å². The summed E-state index contributed by atoms with van der Waals surface area (Å²) in [7, 11) is 1.83. The Labute approximate surface area is 140 Å². The van der Waals surface area contributed by atoms with Gasteiger partial charge in [-0.25, -0.2) is 0 Å². The second-order valence-corrected chi connectivity index (χ2v) is 5.90. The topological polar surface area (TPSA) is 54.5 Å². The molecule has 23 heavy (non-hydrogen) atoms. The molecule has 0 saturated carbocycles. The van der Waals surface area contributed by atoms with E-state index in [1.807, 2.05) is 7.05 Å². The number of nitrogens with zero attached hydrogens (tertiary/aromatic N) is 2. The first-order valence-electron chi connectivity index (χ1n) is 7.50. The second-order valence-electron chi connectivity index (χ2n) is 5.49. The van der Waals surface area contributed by atoms with Gasteiger partial charge in [0.1, 0.15) is 11.5 Å². The molecule has 5 nitrogen and oxygen atoms in total. The van der Waals surface area contributed by atoms with Gasteiger partial charge >= 0.3 is 0 Å². The molecule has 0 radical (unpaired) electrons. The van der Waals surface area contributed by atoms with Crippen LogP contribution in [0.25, 0.3) is 0 Å². The average molecular weight is 332 g/mol. The molecule has 1 fully saturated rings. The highest BCUT2D eigenvalue weighted by molar-refractivity contribution is 6.32. The fourth-order valence-electron chi connectivity index (χ4n) is 2.59. The average Bonchev–Trinajstić information content (AvgIpc) is 3.11. The first kappa shape index (κ1) is 15.8. The Morgan fingerprint density at radius 2 is 2.13 bits per heavy atom. The van der Waals surface area contributed by atoms with Crippen LogP contribution in [0.15, 0.2) is 42.7 Å². The van der Waals surface area contributed by atoms with Crippen molar-refractivity contribution in [3.05, 3.63) is 53.3 Å². The number of carbonyl (C=O) groups excluding carboxylic acids is 1. The summed E-state index contributed by atoms with van der Waals surface area (Å²) in [6.07, 6.45) is 4.26. The number of ether oxygens (including phenoxy) is 1. The molecule has 0 aliphatic carbocycles. The van der Waals surface area contributed by atoms with Gasteiger partial charge in [-0.3, -0.25) is 9.78 Å². The Hall–Kier alpha value is -2.11. The van der Waals surface area contributed by atoms with Crippen molar-refractivity contribution < 1.29 is 9.53 Å². The number of amides is 1. The van der Waals surface area contributed by atoms with E-state index in [4.69, 9.17) is 16.3 Å². The van der Waals surface area contributed by atoms with Gasteiger partial charge in [0.05, 0.1) is 5.02 Å². The molecule has 1 aromatic heterocycles. The van der Waals surface area contributed by atoms with Crippen LogP contribution in [0.1, 0.15) is 16.8 Å². The maximum absolute atomic E-state index is 12.5. The highest BCUT2D eigenvalue weighted by Crippen LogP contribution is 2.30. The van der Waals surface area contributed by atoms with Crippen LogP contribution in [0, 0.1) is 0 Å². The van der Waals surface area contributed by atoms with E-state index in [0.29, 0.717) is 22.1 Å². The Bertz CT molecular complexity index is 687. The molecule has 0 bridgehead atoms. The molecule has 0 unspecified atom stereocenters. The summed E-state index contributed by atoms with van der Waals surface area (Å²) in [4.78, 5) is 18.3. The molecule has 1 aromatic carbocycles. The molecule has 120 valence electrons. The maximum Gasteiger partial charge on any atom is 0.253 e. The molecule has 1 saturated heterocycles. The number of halogens is 1. The Balaban J connectivity index is 1.74. The van der Waals surface area contributed by atoms with Crippen molar-refractivity contribution in [1.29, 1.82) is 0 Å². The highest BCUT2D eigenvalue weighted by Gasteiger charge is 2.24. The van der Waals surface area contributed by atoms with Crippen LogP contribution in [-0.2, 0) is 0 Å². The summed E-state index contributed by atoms with van der Waals surface area (Å²) >= 11 is 6.26. The lowest BCUT2D eigenvalue weighted by atomic mass is 10.1. The molecule has 2 heterocycles. The third kappa shape index (κ3) is 3.63. The predicted octanol–water partition coefficient (Wildman–Crippen LogP) is 2.96. The van der Waals surface area contributed by atoms with Crippen molar-refractivity contribution in [1.82, 2.24) is 15.2 Å². The van der Waals surface area contributed by atoms with E-state index in [0.717, 1.165) is 19.5 Å². The Kier molecular flexibility index (Phi) is 4.79.